The van der Waals surface area contributed by atoms with Crippen molar-refractivity contribution in [1.29, 1.82) is 0 Å². The molecule has 3 rings (SSSR count). The molecule has 1 amide bonds. The predicted octanol–water partition coefficient (Wildman–Crippen LogP) is 2.65. The Bertz CT molecular complexity index is 551. The van der Waals surface area contributed by atoms with E-state index in [1.807, 2.05) is 24.3 Å². The number of hydrogen-bond donors (Lipinski definition) is 2. The molecule has 1 aromatic carbocycles. The topological polar surface area (TPSA) is 75.6 Å². The first-order valence-electron chi connectivity index (χ1n) is 7.43. The van der Waals surface area contributed by atoms with Crippen molar-refractivity contribution < 1.29 is 19.4 Å². The molecule has 0 spiro atoms. The second-order valence-corrected chi connectivity index (χ2v) is 5.78. The van der Waals surface area contributed by atoms with Gasteiger partial charge in [0.1, 0.15) is 6.10 Å². The number of fused-ring (bicyclic) bond motifs is 1. The molecule has 0 radical (unpaired) electrons. The highest BCUT2D eigenvalue weighted by atomic mass is 16.6. The molecule has 1 aromatic rings. The number of amides is 1. The van der Waals surface area contributed by atoms with Crippen molar-refractivity contribution in [2.24, 2.45) is 5.92 Å². The average molecular weight is 289 g/mol. The molecule has 0 bridgehead atoms. The lowest BCUT2D eigenvalue weighted by molar-refractivity contribution is -0.142. The summed E-state index contributed by atoms with van der Waals surface area (Å²) in [5.74, 6) is -1.52. The van der Waals surface area contributed by atoms with Crippen LogP contribution in [0.15, 0.2) is 24.3 Å². The molecule has 2 atom stereocenters. The maximum atomic E-state index is 12.0. The first-order chi connectivity index (χ1) is 10.1. The van der Waals surface area contributed by atoms with Gasteiger partial charge in [-0.2, -0.15) is 0 Å². The molecule has 2 aliphatic rings. The van der Waals surface area contributed by atoms with Crippen LogP contribution in [0.1, 0.15) is 42.9 Å². The summed E-state index contributed by atoms with van der Waals surface area (Å²) in [6.45, 7) is 0. The first kappa shape index (κ1) is 13.9. The SMILES string of the molecule is O=C(NC1c2ccccc2CC1C(=O)O)OC1CCCC1. The maximum absolute atomic E-state index is 12.0. The van der Waals surface area contributed by atoms with Crippen LogP contribution < -0.4 is 5.32 Å². The second-order valence-electron chi connectivity index (χ2n) is 5.78. The number of nitrogens with one attached hydrogen (secondary N) is 1. The van der Waals surface area contributed by atoms with Crippen LogP contribution in [0.2, 0.25) is 0 Å². The van der Waals surface area contributed by atoms with Gasteiger partial charge in [0.25, 0.3) is 0 Å². The van der Waals surface area contributed by atoms with Crippen LogP contribution in [-0.4, -0.2) is 23.3 Å². The Morgan fingerprint density at radius 2 is 1.90 bits per heavy atom. The molecule has 0 aromatic heterocycles. The molecule has 2 N–H and O–H groups in total. The second kappa shape index (κ2) is 5.76. The van der Waals surface area contributed by atoms with E-state index in [1.165, 1.54) is 0 Å². The molecule has 5 heteroatoms. The summed E-state index contributed by atoms with van der Waals surface area (Å²) in [7, 11) is 0. The lowest BCUT2D eigenvalue weighted by atomic mass is 10.0. The molecular weight excluding hydrogens is 270 g/mol. The summed E-state index contributed by atoms with van der Waals surface area (Å²) in [5.41, 5.74) is 1.87. The molecule has 0 aliphatic heterocycles. The number of aliphatic carboxylic acids is 1. The van der Waals surface area contributed by atoms with Gasteiger partial charge in [0.15, 0.2) is 0 Å². The molecule has 21 heavy (non-hydrogen) atoms. The Kier molecular flexibility index (Phi) is 3.82. The van der Waals surface area contributed by atoms with Crippen LogP contribution in [0, 0.1) is 5.92 Å². The Morgan fingerprint density at radius 1 is 1.19 bits per heavy atom. The van der Waals surface area contributed by atoms with Gasteiger partial charge in [-0.3, -0.25) is 4.79 Å². The van der Waals surface area contributed by atoms with E-state index in [0.717, 1.165) is 36.8 Å². The highest BCUT2D eigenvalue weighted by Gasteiger charge is 2.38. The van der Waals surface area contributed by atoms with Crippen molar-refractivity contribution in [3.63, 3.8) is 0 Å². The van der Waals surface area contributed by atoms with Crippen molar-refractivity contribution in [1.82, 2.24) is 5.32 Å². The van der Waals surface area contributed by atoms with Gasteiger partial charge in [-0.15, -0.1) is 0 Å². The average Bonchev–Trinajstić information content (AvgIpc) is 3.07. The number of carboxylic acids is 1. The maximum Gasteiger partial charge on any atom is 0.407 e. The number of benzene rings is 1. The number of carbonyl (C=O) groups excluding carboxylic acids is 1. The van der Waals surface area contributed by atoms with Gasteiger partial charge in [-0.05, 0) is 43.2 Å². The predicted molar refractivity (Wildman–Crippen MR) is 75.9 cm³/mol. The van der Waals surface area contributed by atoms with Crippen LogP contribution in [-0.2, 0) is 16.0 Å². The largest absolute Gasteiger partial charge is 0.481 e. The summed E-state index contributed by atoms with van der Waals surface area (Å²) in [4.78, 5) is 23.4. The van der Waals surface area contributed by atoms with Gasteiger partial charge in [-0.1, -0.05) is 24.3 Å². The third-order valence-corrected chi connectivity index (χ3v) is 4.40. The van der Waals surface area contributed by atoms with Crippen LogP contribution in [0.5, 0.6) is 0 Å². The third kappa shape index (κ3) is 2.86. The Hall–Kier alpha value is -2.04. The summed E-state index contributed by atoms with van der Waals surface area (Å²) < 4.78 is 5.37. The fraction of sp³-hybridized carbons (Fsp3) is 0.500. The van der Waals surface area contributed by atoms with E-state index in [9.17, 15) is 14.7 Å². The molecule has 0 saturated heterocycles. The lowest BCUT2D eigenvalue weighted by Gasteiger charge is -2.20. The van der Waals surface area contributed by atoms with E-state index < -0.39 is 24.0 Å². The number of carbonyl (C=O) groups is 2. The van der Waals surface area contributed by atoms with Crippen LogP contribution >= 0.6 is 0 Å². The van der Waals surface area contributed by atoms with E-state index in [2.05, 4.69) is 5.32 Å². The van der Waals surface area contributed by atoms with Gasteiger partial charge >= 0.3 is 12.1 Å². The van der Waals surface area contributed by atoms with E-state index >= 15 is 0 Å². The number of hydrogen-bond acceptors (Lipinski definition) is 3. The minimum Gasteiger partial charge on any atom is -0.481 e. The highest BCUT2D eigenvalue weighted by Crippen LogP contribution is 2.36. The van der Waals surface area contributed by atoms with Crippen molar-refractivity contribution in [2.45, 2.75) is 44.2 Å². The Balaban J connectivity index is 1.72. The summed E-state index contributed by atoms with van der Waals surface area (Å²) >= 11 is 0. The van der Waals surface area contributed by atoms with Crippen molar-refractivity contribution >= 4 is 12.1 Å². The van der Waals surface area contributed by atoms with Gasteiger partial charge in [0.2, 0.25) is 0 Å². The minimum absolute atomic E-state index is 0.0232. The zero-order valence-electron chi connectivity index (χ0n) is 11.7. The normalized spacial score (nSPS) is 24.6. The minimum atomic E-state index is -0.891. The number of alkyl carbamates (subject to hydrolysis) is 1. The molecule has 5 nitrogen and oxygen atoms in total. The van der Waals surface area contributed by atoms with Crippen molar-refractivity contribution in [3.8, 4) is 0 Å². The molecule has 0 heterocycles. The van der Waals surface area contributed by atoms with Crippen LogP contribution in [0.4, 0.5) is 4.79 Å². The third-order valence-electron chi connectivity index (χ3n) is 4.40. The Morgan fingerprint density at radius 3 is 2.62 bits per heavy atom. The number of rotatable bonds is 3. The molecule has 112 valence electrons. The smallest absolute Gasteiger partial charge is 0.407 e. The number of ether oxygens (including phenoxy) is 1. The van der Waals surface area contributed by atoms with Crippen molar-refractivity contribution in [2.75, 3.05) is 0 Å². The fourth-order valence-corrected chi connectivity index (χ4v) is 3.32. The van der Waals surface area contributed by atoms with Crippen LogP contribution in [0.3, 0.4) is 0 Å². The summed E-state index contributed by atoms with van der Waals surface area (Å²) in [6, 6.07) is 7.03. The highest BCUT2D eigenvalue weighted by molar-refractivity contribution is 5.76. The summed E-state index contributed by atoms with van der Waals surface area (Å²) in [6.07, 6.45) is 3.89. The molecular formula is C16H19NO4. The zero-order valence-corrected chi connectivity index (χ0v) is 11.7. The van der Waals surface area contributed by atoms with Gasteiger partial charge in [-0.25, -0.2) is 4.79 Å². The molecule has 1 fully saturated rings. The van der Waals surface area contributed by atoms with E-state index in [4.69, 9.17) is 4.74 Å². The van der Waals surface area contributed by atoms with E-state index in [1.54, 1.807) is 0 Å². The van der Waals surface area contributed by atoms with Crippen LogP contribution in [0.25, 0.3) is 0 Å². The van der Waals surface area contributed by atoms with E-state index in [0.29, 0.717) is 6.42 Å². The summed E-state index contributed by atoms with van der Waals surface area (Å²) in [5, 5.41) is 12.1. The molecule has 2 aliphatic carbocycles. The monoisotopic (exact) mass is 289 g/mol. The standard InChI is InChI=1S/C16H19NO4/c18-15(19)13-9-10-5-1-4-8-12(10)14(13)17-16(20)21-11-6-2-3-7-11/h1,4-5,8,11,13-14H,2-3,6-7,9H2,(H,17,20)(H,18,19). The first-order valence-corrected chi connectivity index (χ1v) is 7.43. The number of carboxylic acid groups (broad SMARTS) is 1. The fourth-order valence-electron chi connectivity index (χ4n) is 3.32. The van der Waals surface area contributed by atoms with Crippen molar-refractivity contribution in [3.05, 3.63) is 35.4 Å². The van der Waals surface area contributed by atoms with Gasteiger partial charge in [0.05, 0.1) is 12.0 Å². The molecule has 1 saturated carbocycles. The Labute approximate surface area is 123 Å². The van der Waals surface area contributed by atoms with E-state index in [-0.39, 0.29) is 6.10 Å². The van der Waals surface area contributed by atoms with Gasteiger partial charge < -0.3 is 15.2 Å². The zero-order chi connectivity index (χ0) is 14.8. The quantitative estimate of drug-likeness (QED) is 0.897. The molecule has 2 unspecified atom stereocenters. The van der Waals surface area contributed by atoms with Gasteiger partial charge in [0, 0.05) is 0 Å². The lowest BCUT2D eigenvalue weighted by Crippen LogP contribution is -2.36.